The topological polar surface area (TPSA) is 26.0 Å². The van der Waals surface area contributed by atoms with Crippen LogP contribution >= 0.6 is 12.4 Å². The first-order valence-corrected chi connectivity index (χ1v) is 3.17. The first kappa shape index (κ1) is 8.99. The van der Waals surface area contributed by atoms with Gasteiger partial charge in [-0.3, -0.25) is 0 Å². The molecule has 0 bridgehead atoms. The zero-order valence-electron chi connectivity index (χ0n) is 5.60. The fraction of sp³-hybridized carbons (Fsp3) is 0.714. The molecular weight excluding hydrogens is 134 g/mol. The first-order valence-electron chi connectivity index (χ1n) is 3.17. The van der Waals surface area contributed by atoms with E-state index in [9.17, 15) is 0 Å². The normalized spacial score (nSPS) is 21.4. The van der Waals surface area contributed by atoms with E-state index in [1.54, 1.807) is 0 Å². The molecule has 0 heterocycles. The summed E-state index contributed by atoms with van der Waals surface area (Å²) in [6.45, 7) is 3.65. The van der Waals surface area contributed by atoms with E-state index in [-0.39, 0.29) is 17.9 Å². The molecule has 0 aliphatic heterocycles. The number of hydrogen-bond acceptors (Lipinski definition) is 1. The number of halogens is 1. The molecule has 0 radical (unpaired) electrons. The van der Waals surface area contributed by atoms with Crippen LogP contribution in [0.1, 0.15) is 25.7 Å². The van der Waals surface area contributed by atoms with E-state index >= 15 is 0 Å². The Bertz CT molecular complexity index is 97.1. The molecule has 2 heteroatoms. The van der Waals surface area contributed by atoms with Crippen molar-refractivity contribution < 1.29 is 0 Å². The van der Waals surface area contributed by atoms with Gasteiger partial charge in [0.1, 0.15) is 0 Å². The average molecular weight is 148 g/mol. The number of hydrogen-bond donors (Lipinski definition) is 1. The SMILES string of the molecule is C=CCC1(N)CCC1.Cl. The molecule has 1 aliphatic carbocycles. The van der Waals surface area contributed by atoms with Crippen molar-refractivity contribution in [2.24, 2.45) is 5.73 Å². The molecule has 0 amide bonds. The van der Waals surface area contributed by atoms with Gasteiger partial charge in [0, 0.05) is 5.54 Å². The third kappa shape index (κ3) is 1.99. The Morgan fingerprint density at radius 1 is 1.56 bits per heavy atom. The van der Waals surface area contributed by atoms with Gasteiger partial charge in [-0.25, -0.2) is 0 Å². The van der Waals surface area contributed by atoms with Crippen LogP contribution in [0.2, 0.25) is 0 Å². The van der Waals surface area contributed by atoms with Crippen molar-refractivity contribution in [1.29, 1.82) is 0 Å². The van der Waals surface area contributed by atoms with Crippen molar-refractivity contribution in [3.05, 3.63) is 12.7 Å². The Morgan fingerprint density at radius 3 is 2.22 bits per heavy atom. The van der Waals surface area contributed by atoms with E-state index in [4.69, 9.17) is 5.73 Å². The van der Waals surface area contributed by atoms with E-state index in [1.807, 2.05) is 6.08 Å². The lowest BCUT2D eigenvalue weighted by atomic mass is 9.75. The van der Waals surface area contributed by atoms with Crippen LogP contribution in [0.25, 0.3) is 0 Å². The summed E-state index contributed by atoms with van der Waals surface area (Å²) in [6, 6.07) is 0. The highest BCUT2D eigenvalue weighted by atomic mass is 35.5. The van der Waals surface area contributed by atoms with Crippen molar-refractivity contribution in [2.75, 3.05) is 0 Å². The highest BCUT2D eigenvalue weighted by molar-refractivity contribution is 5.85. The fourth-order valence-electron chi connectivity index (χ4n) is 1.12. The molecule has 0 saturated heterocycles. The van der Waals surface area contributed by atoms with Gasteiger partial charge in [0.2, 0.25) is 0 Å². The first-order chi connectivity index (χ1) is 3.77. The van der Waals surface area contributed by atoms with Crippen LogP contribution in [-0.4, -0.2) is 5.54 Å². The van der Waals surface area contributed by atoms with Gasteiger partial charge in [0.05, 0.1) is 0 Å². The Hall–Kier alpha value is -0.0100. The summed E-state index contributed by atoms with van der Waals surface area (Å²) in [5.74, 6) is 0. The highest BCUT2D eigenvalue weighted by Gasteiger charge is 2.30. The van der Waals surface area contributed by atoms with Gasteiger partial charge in [0.25, 0.3) is 0 Å². The zero-order chi connectivity index (χ0) is 6.04. The van der Waals surface area contributed by atoms with E-state index in [0.29, 0.717) is 0 Å². The van der Waals surface area contributed by atoms with Crippen molar-refractivity contribution in [3.8, 4) is 0 Å². The maximum Gasteiger partial charge on any atom is 0.0189 e. The van der Waals surface area contributed by atoms with Crippen molar-refractivity contribution in [2.45, 2.75) is 31.2 Å². The molecule has 1 rings (SSSR count). The predicted molar refractivity (Wildman–Crippen MR) is 42.8 cm³/mol. The lowest BCUT2D eigenvalue weighted by molar-refractivity contribution is 0.252. The molecule has 9 heavy (non-hydrogen) atoms. The molecule has 1 nitrogen and oxygen atoms in total. The Balaban J connectivity index is 0.000000640. The van der Waals surface area contributed by atoms with Crippen molar-refractivity contribution in [3.63, 3.8) is 0 Å². The van der Waals surface area contributed by atoms with Crippen LogP contribution in [0.5, 0.6) is 0 Å². The van der Waals surface area contributed by atoms with Crippen LogP contribution in [0, 0.1) is 0 Å². The van der Waals surface area contributed by atoms with Crippen LogP contribution in [0.15, 0.2) is 12.7 Å². The minimum absolute atomic E-state index is 0. The summed E-state index contributed by atoms with van der Waals surface area (Å²) in [5, 5.41) is 0. The van der Waals surface area contributed by atoms with Gasteiger partial charge < -0.3 is 5.73 Å². The third-order valence-electron chi connectivity index (χ3n) is 1.90. The summed E-state index contributed by atoms with van der Waals surface area (Å²) in [6.07, 6.45) is 6.61. The van der Waals surface area contributed by atoms with E-state index in [1.165, 1.54) is 19.3 Å². The molecule has 2 N–H and O–H groups in total. The Labute approximate surface area is 62.7 Å². The van der Waals surface area contributed by atoms with Gasteiger partial charge in [-0.15, -0.1) is 19.0 Å². The monoisotopic (exact) mass is 147 g/mol. The molecular formula is C7H14ClN. The lowest BCUT2D eigenvalue weighted by Crippen LogP contribution is -2.45. The molecule has 0 atom stereocenters. The molecule has 0 unspecified atom stereocenters. The van der Waals surface area contributed by atoms with Crippen LogP contribution in [0.3, 0.4) is 0 Å². The predicted octanol–water partition coefficient (Wildman–Crippen LogP) is 1.87. The number of rotatable bonds is 2. The molecule has 1 saturated carbocycles. The maximum absolute atomic E-state index is 5.84. The maximum atomic E-state index is 5.84. The molecule has 54 valence electrons. The standard InChI is InChI=1S/C7H13N.ClH/c1-2-4-7(8)5-3-6-7;/h2H,1,3-6,8H2;1H. The summed E-state index contributed by atoms with van der Waals surface area (Å²) < 4.78 is 0. The van der Waals surface area contributed by atoms with Gasteiger partial charge in [-0.05, 0) is 25.7 Å². The second kappa shape index (κ2) is 3.23. The summed E-state index contributed by atoms with van der Waals surface area (Å²) >= 11 is 0. The van der Waals surface area contributed by atoms with Crippen molar-refractivity contribution in [1.82, 2.24) is 0 Å². The molecule has 0 spiro atoms. The van der Waals surface area contributed by atoms with E-state index in [0.717, 1.165) is 6.42 Å². The quantitative estimate of drug-likeness (QED) is 0.593. The molecule has 0 aromatic carbocycles. The molecule has 0 aromatic heterocycles. The van der Waals surface area contributed by atoms with Crippen molar-refractivity contribution >= 4 is 12.4 Å². The Kier molecular flexibility index (Phi) is 3.23. The average Bonchev–Trinajstić information content (AvgIpc) is 1.64. The molecule has 1 fully saturated rings. The van der Waals surface area contributed by atoms with Crippen LogP contribution in [0.4, 0.5) is 0 Å². The minimum atomic E-state index is 0. The second-order valence-electron chi connectivity index (χ2n) is 2.71. The largest absolute Gasteiger partial charge is 0.325 e. The van der Waals surface area contributed by atoms with E-state index < -0.39 is 0 Å². The van der Waals surface area contributed by atoms with Crippen LogP contribution < -0.4 is 5.73 Å². The lowest BCUT2D eigenvalue weighted by Gasteiger charge is -2.37. The summed E-state index contributed by atoms with van der Waals surface area (Å²) in [4.78, 5) is 0. The van der Waals surface area contributed by atoms with Crippen LogP contribution in [-0.2, 0) is 0 Å². The Morgan fingerprint density at radius 2 is 2.11 bits per heavy atom. The fourth-order valence-corrected chi connectivity index (χ4v) is 1.12. The zero-order valence-corrected chi connectivity index (χ0v) is 6.41. The molecule has 0 aromatic rings. The van der Waals surface area contributed by atoms with Gasteiger partial charge in [-0.1, -0.05) is 6.08 Å². The number of nitrogens with two attached hydrogens (primary N) is 1. The van der Waals surface area contributed by atoms with Gasteiger partial charge in [-0.2, -0.15) is 0 Å². The molecule has 1 aliphatic rings. The van der Waals surface area contributed by atoms with E-state index in [2.05, 4.69) is 6.58 Å². The smallest absolute Gasteiger partial charge is 0.0189 e. The van der Waals surface area contributed by atoms with Gasteiger partial charge >= 0.3 is 0 Å². The minimum Gasteiger partial charge on any atom is -0.325 e. The third-order valence-corrected chi connectivity index (χ3v) is 1.90. The summed E-state index contributed by atoms with van der Waals surface area (Å²) in [7, 11) is 0. The van der Waals surface area contributed by atoms with Gasteiger partial charge in [0.15, 0.2) is 0 Å². The highest BCUT2D eigenvalue weighted by Crippen LogP contribution is 2.31. The summed E-state index contributed by atoms with van der Waals surface area (Å²) in [5.41, 5.74) is 6.00. The second-order valence-corrected chi connectivity index (χ2v) is 2.71.